The summed E-state index contributed by atoms with van der Waals surface area (Å²) >= 11 is 0. The highest BCUT2D eigenvalue weighted by atomic mass is 19.1. The fraction of sp³-hybridized carbons (Fsp3) is 0.250. The Labute approximate surface area is 185 Å². The Hall–Kier alpha value is -3.81. The molecular formula is C24H25FN4O3. The summed E-state index contributed by atoms with van der Waals surface area (Å²) in [6.45, 7) is 4.30. The summed E-state index contributed by atoms with van der Waals surface area (Å²) in [5.74, 6) is -1.68. The van der Waals surface area contributed by atoms with Crippen LogP contribution in [0.5, 0.6) is 0 Å². The van der Waals surface area contributed by atoms with Gasteiger partial charge in [-0.2, -0.15) is 0 Å². The van der Waals surface area contributed by atoms with Crippen LogP contribution in [0.15, 0.2) is 60.8 Å². The van der Waals surface area contributed by atoms with Crippen molar-refractivity contribution in [3.63, 3.8) is 0 Å². The molecule has 2 N–H and O–H groups in total. The van der Waals surface area contributed by atoms with Crippen molar-refractivity contribution in [3.05, 3.63) is 77.7 Å². The molecular weight excluding hydrogens is 411 g/mol. The van der Waals surface area contributed by atoms with E-state index in [1.54, 1.807) is 23.1 Å². The molecule has 1 heterocycles. The number of amides is 1. The molecule has 166 valence electrons. The molecule has 0 spiro atoms. The number of benzene rings is 2. The van der Waals surface area contributed by atoms with Gasteiger partial charge in [0.1, 0.15) is 5.82 Å². The topological polar surface area (TPSA) is 95.4 Å². The van der Waals surface area contributed by atoms with Crippen LogP contribution in [-0.4, -0.2) is 44.4 Å². The summed E-state index contributed by atoms with van der Waals surface area (Å²) in [5, 5.41) is 11.6. The van der Waals surface area contributed by atoms with Crippen molar-refractivity contribution in [1.82, 2.24) is 14.9 Å². The van der Waals surface area contributed by atoms with Gasteiger partial charge in [0.25, 0.3) is 5.91 Å². The van der Waals surface area contributed by atoms with E-state index in [-0.39, 0.29) is 47.7 Å². The number of carboxylic acids is 1. The lowest BCUT2D eigenvalue weighted by molar-refractivity contribution is -0.136. The van der Waals surface area contributed by atoms with Gasteiger partial charge in [-0.05, 0) is 31.5 Å². The average molecular weight is 436 g/mol. The maximum atomic E-state index is 14.6. The molecule has 3 aromatic rings. The maximum Gasteiger partial charge on any atom is 0.305 e. The molecule has 0 saturated carbocycles. The second-order valence-electron chi connectivity index (χ2n) is 7.52. The third-order valence-electron chi connectivity index (χ3n) is 4.85. The second-order valence-corrected chi connectivity index (χ2v) is 7.52. The van der Waals surface area contributed by atoms with E-state index in [1.807, 2.05) is 44.2 Å². The second kappa shape index (κ2) is 10.5. The number of aromatic nitrogens is 2. The number of carbonyl (C=O) groups is 2. The largest absolute Gasteiger partial charge is 0.481 e. The van der Waals surface area contributed by atoms with Crippen LogP contribution in [0.1, 0.15) is 36.2 Å². The first-order chi connectivity index (χ1) is 15.4. The molecule has 0 radical (unpaired) electrons. The number of rotatable bonds is 9. The highest BCUT2D eigenvalue weighted by Gasteiger charge is 2.25. The minimum atomic E-state index is -0.966. The first-order valence-electron chi connectivity index (χ1n) is 10.3. The molecule has 0 saturated heterocycles. The van der Waals surface area contributed by atoms with Crippen molar-refractivity contribution in [2.24, 2.45) is 0 Å². The normalized spacial score (nSPS) is 10.8. The van der Waals surface area contributed by atoms with Gasteiger partial charge >= 0.3 is 5.97 Å². The molecule has 1 amide bonds. The molecule has 0 unspecified atom stereocenters. The van der Waals surface area contributed by atoms with Gasteiger partial charge in [-0.3, -0.25) is 9.59 Å². The van der Waals surface area contributed by atoms with E-state index in [0.29, 0.717) is 6.54 Å². The van der Waals surface area contributed by atoms with E-state index in [9.17, 15) is 14.0 Å². The first kappa shape index (κ1) is 22.9. The lowest BCUT2D eigenvalue weighted by Gasteiger charge is -2.27. The summed E-state index contributed by atoms with van der Waals surface area (Å²) in [4.78, 5) is 34.5. The van der Waals surface area contributed by atoms with Crippen molar-refractivity contribution >= 4 is 17.8 Å². The zero-order valence-corrected chi connectivity index (χ0v) is 18.0. The molecule has 8 heteroatoms. The zero-order chi connectivity index (χ0) is 23.1. The number of carbonyl (C=O) groups excluding carboxylic acids is 1. The highest BCUT2D eigenvalue weighted by molar-refractivity contribution is 6.00. The molecule has 0 aliphatic carbocycles. The zero-order valence-electron chi connectivity index (χ0n) is 18.0. The van der Waals surface area contributed by atoms with Gasteiger partial charge in [-0.25, -0.2) is 14.4 Å². The number of halogens is 1. The lowest BCUT2D eigenvalue weighted by atomic mass is 10.0. The summed E-state index contributed by atoms with van der Waals surface area (Å²) in [5.41, 5.74) is 1.46. The van der Waals surface area contributed by atoms with Gasteiger partial charge in [0.2, 0.25) is 5.95 Å². The number of carboxylic acid groups (broad SMARTS) is 1. The minimum Gasteiger partial charge on any atom is -0.481 e. The summed E-state index contributed by atoms with van der Waals surface area (Å²) < 4.78 is 14.6. The van der Waals surface area contributed by atoms with Crippen LogP contribution in [-0.2, 0) is 11.3 Å². The SMILES string of the molecule is CC(C)N(Cc1ccccc1)C(=O)c1cnc(NCCC(=O)O)nc1-c1ccccc1F. The molecule has 1 aromatic heterocycles. The summed E-state index contributed by atoms with van der Waals surface area (Å²) in [6.07, 6.45) is 1.23. The van der Waals surface area contributed by atoms with Crippen LogP contribution in [0.4, 0.5) is 10.3 Å². The van der Waals surface area contributed by atoms with Crippen LogP contribution in [0.3, 0.4) is 0 Å². The highest BCUT2D eigenvalue weighted by Crippen LogP contribution is 2.27. The number of nitrogens with zero attached hydrogens (tertiary/aromatic N) is 3. The first-order valence-corrected chi connectivity index (χ1v) is 10.3. The van der Waals surface area contributed by atoms with Crippen molar-refractivity contribution in [2.45, 2.75) is 32.9 Å². The number of aliphatic carboxylic acids is 1. The number of hydrogen-bond donors (Lipinski definition) is 2. The number of nitrogens with one attached hydrogen (secondary N) is 1. The van der Waals surface area contributed by atoms with Crippen LogP contribution < -0.4 is 5.32 Å². The maximum absolute atomic E-state index is 14.6. The molecule has 0 aliphatic heterocycles. The fourth-order valence-electron chi connectivity index (χ4n) is 3.19. The molecule has 0 bridgehead atoms. The van der Waals surface area contributed by atoms with E-state index in [0.717, 1.165) is 5.56 Å². The Kier molecular flexibility index (Phi) is 7.49. The molecule has 7 nitrogen and oxygen atoms in total. The van der Waals surface area contributed by atoms with Gasteiger partial charge in [0, 0.05) is 30.9 Å². The van der Waals surface area contributed by atoms with E-state index in [4.69, 9.17) is 5.11 Å². The monoisotopic (exact) mass is 436 g/mol. The van der Waals surface area contributed by atoms with Crippen LogP contribution >= 0.6 is 0 Å². The van der Waals surface area contributed by atoms with Crippen LogP contribution in [0, 0.1) is 5.82 Å². The smallest absolute Gasteiger partial charge is 0.305 e. The number of anilines is 1. The van der Waals surface area contributed by atoms with Crippen molar-refractivity contribution < 1.29 is 19.1 Å². The van der Waals surface area contributed by atoms with Crippen molar-refractivity contribution in [3.8, 4) is 11.3 Å². The van der Waals surface area contributed by atoms with Crippen molar-refractivity contribution in [1.29, 1.82) is 0 Å². The Balaban J connectivity index is 2.00. The van der Waals surface area contributed by atoms with Gasteiger partial charge in [-0.15, -0.1) is 0 Å². The van der Waals surface area contributed by atoms with Gasteiger partial charge in [-0.1, -0.05) is 42.5 Å². The fourth-order valence-corrected chi connectivity index (χ4v) is 3.19. The third kappa shape index (κ3) is 5.66. The molecule has 0 atom stereocenters. The molecule has 0 aliphatic rings. The average Bonchev–Trinajstić information content (AvgIpc) is 2.77. The summed E-state index contributed by atoms with van der Waals surface area (Å²) in [7, 11) is 0. The van der Waals surface area contributed by atoms with Gasteiger partial charge in [0.05, 0.1) is 17.7 Å². The molecule has 0 fully saturated rings. The summed E-state index contributed by atoms with van der Waals surface area (Å²) in [6, 6.07) is 15.5. The number of hydrogen-bond acceptors (Lipinski definition) is 5. The predicted octanol–water partition coefficient (Wildman–Crippen LogP) is 4.22. The Morgan fingerprint density at radius 2 is 1.78 bits per heavy atom. The van der Waals surface area contributed by atoms with Crippen LogP contribution in [0.2, 0.25) is 0 Å². The van der Waals surface area contributed by atoms with Gasteiger partial charge < -0.3 is 15.3 Å². The quantitative estimate of drug-likeness (QED) is 0.522. The van der Waals surface area contributed by atoms with Crippen molar-refractivity contribution in [2.75, 3.05) is 11.9 Å². The van der Waals surface area contributed by atoms with E-state index < -0.39 is 11.8 Å². The van der Waals surface area contributed by atoms with E-state index in [2.05, 4.69) is 15.3 Å². The standard InChI is InChI=1S/C24H25FN4O3/c1-16(2)29(15-17-8-4-3-5-9-17)23(32)19-14-27-24(26-13-12-21(30)31)28-22(19)18-10-6-7-11-20(18)25/h3-11,14,16H,12-13,15H2,1-2H3,(H,30,31)(H,26,27,28). The van der Waals surface area contributed by atoms with Crippen LogP contribution in [0.25, 0.3) is 11.3 Å². The minimum absolute atomic E-state index is 0.103. The van der Waals surface area contributed by atoms with E-state index in [1.165, 1.54) is 12.3 Å². The van der Waals surface area contributed by atoms with Gasteiger partial charge in [0.15, 0.2) is 0 Å². The Morgan fingerprint density at radius 1 is 1.09 bits per heavy atom. The molecule has 2 aromatic carbocycles. The Bertz CT molecular complexity index is 1090. The predicted molar refractivity (Wildman–Crippen MR) is 120 cm³/mol. The van der Waals surface area contributed by atoms with E-state index >= 15 is 0 Å². The molecule has 3 rings (SSSR count). The third-order valence-corrected chi connectivity index (χ3v) is 4.85. The molecule has 32 heavy (non-hydrogen) atoms. The lowest BCUT2D eigenvalue weighted by Crippen LogP contribution is -2.37. The Morgan fingerprint density at radius 3 is 2.44 bits per heavy atom.